The van der Waals surface area contributed by atoms with E-state index in [0.29, 0.717) is 22.9 Å². The molecule has 2 heterocycles. The molecule has 0 saturated carbocycles. The Balaban J connectivity index is 1.67. The summed E-state index contributed by atoms with van der Waals surface area (Å²) in [6.07, 6.45) is 0. The monoisotopic (exact) mass is 368 g/mol. The second kappa shape index (κ2) is 6.62. The van der Waals surface area contributed by atoms with Gasteiger partial charge >= 0.3 is 0 Å². The molecule has 3 rings (SSSR count). The maximum absolute atomic E-state index is 12.9. The summed E-state index contributed by atoms with van der Waals surface area (Å²) < 4.78 is 39.8. The molecule has 8 heteroatoms. The molecule has 5 nitrogen and oxygen atoms in total. The van der Waals surface area contributed by atoms with Gasteiger partial charge in [-0.3, -0.25) is 4.79 Å². The van der Waals surface area contributed by atoms with E-state index in [4.69, 9.17) is 0 Å². The number of nitrogens with zero attached hydrogens (tertiary/aromatic N) is 2. The number of hydrogen-bond donors (Lipinski definition) is 0. The lowest BCUT2D eigenvalue weighted by Gasteiger charge is -2.33. The highest BCUT2D eigenvalue weighted by Gasteiger charge is 2.31. The summed E-state index contributed by atoms with van der Waals surface area (Å²) in [5.41, 5.74) is 0.404. The summed E-state index contributed by atoms with van der Waals surface area (Å²) in [5.74, 6) is -0.604. The Labute approximate surface area is 144 Å². The number of carbonyl (C=O) groups excluding carboxylic acids is 1. The number of benzene rings is 1. The number of thiophene rings is 1. The van der Waals surface area contributed by atoms with Crippen LogP contribution in [0, 0.1) is 12.7 Å². The molecule has 0 N–H and O–H groups in total. The van der Waals surface area contributed by atoms with Crippen molar-refractivity contribution in [1.82, 2.24) is 9.21 Å². The van der Waals surface area contributed by atoms with Gasteiger partial charge in [-0.2, -0.15) is 4.31 Å². The first-order valence-corrected chi connectivity index (χ1v) is 9.75. The van der Waals surface area contributed by atoms with E-state index in [0.717, 1.165) is 4.88 Å². The van der Waals surface area contributed by atoms with Gasteiger partial charge in [0.2, 0.25) is 0 Å². The van der Waals surface area contributed by atoms with Crippen LogP contribution in [0.25, 0.3) is 0 Å². The molecule has 0 atom stereocenters. The van der Waals surface area contributed by atoms with Gasteiger partial charge in [-0.15, -0.1) is 11.3 Å². The van der Waals surface area contributed by atoms with Crippen molar-refractivity contribution in [1.29, 1.82) is 0 Å². The highest BCUT2D eigenvalue weighted by Crippen LogP contribution is 2.25. The Morgan fingerprint density at radius 3 is 2.21 bits per heavy atom. The molecule has 1 aromatic carbocycles. The van der Waals surface area contributed by atoms with Crippen LogP contribution < -0.4 is 0 Å². The zero-order chi connectivity index (χ0) is 17.3. The zero-order valence-corrected chi connectivity index (χ0v) is 14.7. The molecule has 1 aromatic heterocycles. The molecule has 1 amide bonds. The first-order valence-electron chi connectivity index (χ1n) is 7.49. The minimum Gasteiger partial charge on any atom is -0.336 e. The topological polar surface area (TPSA) is 57.7 Å². The molecule has 1 fully saturated rings. The summed E-state index contributed by atoms with van der Waals surface area (Å²) in [6, 6.07) is 8.77. The van der Waals surface area contributed by atoms with Gasteiger partial charge in [0.25, 0.3) is 15.9 Å². The third-order valence-electron chi connectivity index (χ3n) is 3.93. The number of sulfonamides is 1. The van der Waals surface area contributed by atoms with Crippen molar-refractivity contribution in [2.75, 3.05) is 26.2 Å². The molecule has 2 aromatic rings. The highest BCUT2D eigenvalue weighted by atomic mass is 32.2. The lowest BCUT2D eigenvalue weighted by molar-refractivity contribution is 0.0698. The lowest BCUT2D eigenvalue weighted by Crippen LogP contribution is -2.50. The van der Waals surface area contributed by atoms with Crippen LogP contribution in [-0.2, 0) is 10.0 Å². The summed E-state index contributed by atoms with van der Waals surface area (Å²) in [5, 5.41) is 0. The predicted octanol–water partition coefficient (Wildman–Crippen LogP) is 2.34. The van der Waals surface area contributed by atoms with Crippen LogP contribution in [0.15, 0.2) is 40.6 Å². The van der Waals surface area contributed by atoms with Gasteiger partial charge in [-0.05, 0) is 43.3 Å². The van der Waals surface area contributed by atoms with E-state index >= 15 is 0 Å². The Kier molecular flexibility index (Phi) is 4.71. The van der Waals surface area contributed by atoms with Crippen molar-refractivity contribution in [2.45, 2.75) is 11.1 Å². The standard InChI is InChI=1S/C16H17FN2O3S2/c1-12-2-7-15(23-12)24(21,22)19-10-8-18(9-11-19)16(20)13-3-5-14(17)6-4-13/h2-7H,8-11H2,1H3. The molecule has 24 heavy (non-hydrogen) atoms. The molecule has 0 radical (unpaired) electrons. The first kappa shape index (κ1) is 17.1. The summed E-state index contributed by atoms with van der Waals surface area (Å²) >= 11 is 1.25. The summed E-state index contributed by atoms with van der Waals surface area (Å²) in [6.45, 7) is 3.01. The minimum absolute atomic E-state index is 0.209. The van der Waals surface area contributed by atoms with Crippen molar-refractivity contribution >= 4 is 27.3 Å². The fourth-order valence-electron chi connectivity index (χ4n) is 2.58. The van der Waals surface area contributed by atoms with E-state index < -0.39 is 15.8 Å². The van der Waals surface area contributed by atoms with E-state index in [9.17, 15) is 17.6 Å². The molecule has 0 aliphatic carbocycles. The number of piperazine rings is 1. The van der Waals surface area contributed by atoms with Gasteiger partial charge in [0.05, 0.1) is 0 Å². The summed E-state index contributed by atoms with van der Waals surface area (Å²) in [7, 11) is -3.50. The van der Waals surface area contributed by atoms with E-state index in [1.54, 1.807) is 17.0 Å². The van der Waals surface area contributed by atoms with Gasteiger partial charge in [-0.25, -0.2) is 12.8 Å². The normalized spacial score (nSPS) is 16.3. The van der Waals surface area contributed by atoms with Crippen molar-refractivity contribution in [3.63, 3.8) is 0 Å². The largest absolute Gasteiger partial charge is 0.336 e. The molecule has 1 saturated heterocycles. The van der Waals surface area contributed by atoms with Crippen molar-refractivity contribution in [3.05, 3.63) is 52.7 Å². The Morgan fingerprint density at radius 1 is 1.04 bits per heavy atom. The molecule has 128 valence electrons. The first-order chi connectivity index (χ1) is 11.4. The minimum atomic E-state index is -3.50. The van der Waals surface area contributed by atoms with E-state index in [1.165, 1.54) is 39.9 Å². The Bertz CT molecular complexity index is 838. The Morgan fingerprint density at radius 2 is 1.67 bits per heavy atom. The Hall–Kier alpha value is -1.77. The van der Waals surface area contributed by atoms with Crippen LogP contribution in [-0.4, -0.2) is 49.7 Å². The van der Waals surface area contributed by atoms with Crippen LogP contribution in [0.5, 0.6) is 0 Å². The smallest absolute Gasteiger partial charge is 0.253 e. The quantitative estimate of drug-likeness (QED) is 0.836. The maximum atomic E-state index is 12.9. The molecule has 0 unspecified atom stereocenters. The van der Waals surface area contributed by atoms with Gasteiger partial charge in [0, 0.05) is 36.6 Å². The van der Waals surface area contributed by atoms with Gasteiger partial charge in [0.15, 0.2) is 0 Å². The zero-order valence-electron chi connectivity index (χ0n) is 13.1. The molecule has 1 aliphatic rings. The highest BCUT2D eigenvalue weighted by molar-refractivity contribution is 7.91. The van der Waals surface area contributed by atoms with Crippen LogP contribution >= 0.6 is 11.3 Å². The summed E-state index contributed by atoms with van der Waals surface area (Å²) in [4.78, 5) is 14.9. The average Bonchev–Trinajstić information content (AvgIpc) is 3.02. The van der Waals surface area contributed by atoms with E-state index in [1.807, 2.05) is 6.92 Å². The second-order valence-corrected chi connectivity index (χ2v) is 9.02. The van der Waals surface area contributed by atoms with E-state index in [-0.39, 0.29) is 19.0 Å². The van der Waals surface area contributed by atoms with Crippen LogP contribution in [0.4, 0.5) is 4.39 Å². The maximum Gasteiger partial charge on any atom is 0.253 e. The van der Waals surface area contributed by atoms with Gasteiger partial charge in [0.1, 0.15) is 10.0 Å². The fraction of sp³-hybridized carbons (Fsp3) is 0.312. The molecular formula is C16H17FN2O3S2. The molecular weight excluding hydrogens is 351 g/mol. The molecule has 1 aliphatic heterocycles. The van der Waals surface area contributed by atoms with Gasteiger partial charge < -0.3 is 4.90 Å². The molecule has 0 spiro atoms. The third kappa shape index (κ3) is 3.35. The molecule has 0 bridgehead atoms. The number of aryl methyl sites for hydroxylation is 1. The number of amides is 1. The van der Waals surface area contributed by atoms with Crippen LogP contribution in [0.1, 0.15) is 15.2 Å². The number of carbonyl (C=O) groups is 1. The van der Waals surface area contributed by atoms with Crippen molar-refractivity contribution < 1.29 is 17.6 Å². The van der Waals surface area contributed by atoms with Gasteiger partial charge in [-0.1, -0.05) is 0 Å². The fourth-order valence-corrected chi connectivity index (χ4v) is 5.44. The number of rotatable bonds is 3. The van der Waals surface area contributed by atoms with Crippen LogP contribution in [0.2, 0.25) is 0 Å². The van der Waals surface area contributed by atoms with Crippen LogP contribution in [0.3, 0.4) is 0 Å². The SMILES string of the molecule is Cc1ccc(S(=O)(=O)N2CCN(C(=O)c3ccc(F)cc3)CC2)s1. The van der Waals surface area contributed by atoms with E-state index in [2.05, 4.69) is 0 Å². The second-order valence-electron chi connectivity index (χ2n) is 5.57. The van der Waals surface area contributed by atoms with Crippen molar-refractivity contribution in [3.8, 4) is 0 Å². The predicted molar refractivity (Wildman–Crippen MR) is 90.1 cm³/mol. The lowest BCUT2D eigenvalue weighted by atomic mass is 10.2. The number of hydrogen-bond acceptors (Lipinski definition) is 4. The van der Waals surface area contributed by atoms with Crippen molar-refractivity contribution in [2.24, 2.45) is 0 Å². The average molecular weight is 368 g/mol. The third-order valence-corrected chi connectivity index (χ3v) is 7.29. The number of halogens is 1.